The summed E-state index contributed by atoms with van der Waals surface area (Å²) in [6.07, 6.45) is 2.04. The molecule has 0 aliphatic carbocycles. The molecule has 0 saturated heterocycles. The van der Waals surface area contributed by atoms with Crippen LogP contribution in [0.5, 0.6) is 0 Å². The zero-order valence-electron chi connectivity index (χ0n) is 5.59. The lowest BCUT2D eigenvalue weighted by molar-refractivity contribution is -0.805. The summed E-state index contributed by atoms with van der Waals surface area (Å²) in [5.41, 5.74) is 0. The Morgan fingerprint density at radius 3 is 2.75 bits per heavy atom. The van der Waals surface area contributed by atoms with Crippen LogP contribution in [0.1, 0.15) is 6.92 Å². The Morgan fingerprint density at radius 2 is 2.50 bits per heavy atom. The van der Waals surface area contributed by atoms with Crippen LogP contribution in [0, 0.1) is 0 Å². The summed E-state index contributed by atoms with van der Waals surface area (Å²) in [6, 6.07) is 0. The second kappa shape index (κ2) is 1.86. The van der Waals surface area contributed by atoms with Crippen molar-refractivity contribution in [1.29, 1.82) is 0 Å². The van der Waals surface area contributed by atoms with Crippen molar-refractivity contribution >= 4 is 6.34 Å². The van der Waals surface area contributed by atoms with E-state index in [9.17, 15) is 0 Å². The predicted molar refractivity (Wildman–Crippen MR) is 35.0 cm³/mol. The molecule has 2 heteroatoms. The molecule has 1 aliphatic rings. The molecule has 0 radical (unpaired) electrons. The maximum absolute atomic E-state index is 4.15. The summed E-state index contributed by atoms with van der Waals surface area (Å²) in [6.45, 7) is 5.57. The molecule has 8 heavy (non-hydrogen) atoms. The van der Waals surface area contributed by atoms with Gasteiger partial charge in [0.05, 0.1) is 20.1 Å². The first-order valence-electron chi connectivity index (χ1n) is 3.12. The first-order valence-corrected chi connectivity index (χ1v) is 3.12. The highest BCUT2D eigenvalue weighted by atomic mass is 15.4. The van der Waals surface area contributed by atoms with Gasteiger partial charge in [0.15, 0.2) is 6.34 Å². The maximum Gasteiger partial charge on any atom is 0.185 e. The van der Waals surface area contributed by atoms with Gasteiger partial charge in [-0.05, 0) is 6.92 Å². The predicted octanol–water partition coefficient (Wildman–Crippen LogP) is 0.495. The molecular formula is C6H13N2+. The first kappa shape index (κ1) is 5.76. The van der Waals surface area contributed by atoms with Crippen LogP contribution >= 0.6 is 0 Å². The van der Waals surface area contributed by atoms with Gasteiger partial charge in [-0.25, -0.2) is 4.99 Å². The van der Waals surface area contributed by atoms with Gasteiger partial charge in [0.2, 0.25) is 0 Å². The maximum atomic E-state index is 4.15. The number of rotatable bonds is 1. The van der Waals surface area contributed by atoms with E-state index < -0.39 is 0 Å². The fraction of sp³-hybridized carbons (Fsp3) is 0.833. The van der Waals surface area contributed by atoms with Gasteiger partial charge in [0.25, 0.3) is 0 Å². The van der Waals surface area contributed by atoms with Gasteiger partial charge in [0.1, 0.15) is 6.54 Å². The monoisotopic (exact) mass is 113 g/mol. The van der Waals surface area contributed by atoms with Crippen molar-refractivity contribution < 1.29 is 4.48 Å². The van der Waals surface area contributed by atoms with Crippen molar-refractivity contribution in [2.45, 2.75) is 6.92 Å². The molecule has 1 atom stereocenters. The number of likely N-dealkylation sites (N-methyl/N-ethyl adjacent to an activating group) is 1. The average Bonchev–Trinajstić information content (AvgIpc) is 2.17. The lowest BCUT2D eigenvalue weighted by atomic mass is 10.5. The smallest absolute Gasteiger partial charge is 0.185 e. The molecule has 0 spiro atoms. The third-order valence-corrected chi connectivity index (χ3v) is 1.82. The molecule has 0 N–H and O–H groups in total. The largest absolute Gasteiger partial charge is 0.282 e. The van der Waals surface area contributed by atoms with E-state index in [1.807, 2.05) is 6.34 Å². The summed E-state index contributed by atoms with van der Waals surface area (Å²) in [5, 5.41) is 0. The van der Waals surface area contributed by atoms with E-state index in [2.05, 4.69) is 19.0 Å². The minimum Gasteiger partial charge on any atom is -0.282 e. The Balaban J connectivity index is 2.54. The highest BCUT2D eigenvalue weighted by Gasteiger charge is 2.19. The Labute approximate surface area is 50.4 Å². The van der Waals surface area contributed by atoms with Gasteiger partial charge < -0.3 is 0 Å². The number of aliphatic imine (C=N–C) groups is 1. The molecule has 0 aromatic heterocycles. The Bertz CT molecular complexity index is 109. The number of hydrogen-bond donors (Lipinski definition) is 0. The van der Waals surface area contributed by atoms with Crippen molar-refractivity contribution in [1.82, 2.24) is 0 Å². The van der Waals surface area contributed by atoms with Crippen LogP contribution in [-0.2, 0) is 0 Å². The summed E-state index contributed by atoms with van der Waals surface area (Å²) in [7, 11) is 2.20. The van der Waals surface area contributed by atoms with E-state index in [0.717, 1.165) is 11.0 Å². The lowest BCUT2D eigenvalue weighted by Gasteiger charge is -2.21. The van der Waals surface area contributed by atoms with Crippen molar-refractivity contribution in [2.24, 2.45) is 4.99 Å². The number of nitrogens with zero attached hydrogens (tertiary/aromatic N) is 2. The molecule has 0 bridgehead atoms. The van der Waals surface area contributed by atoms with Crippen LogP contribution in [0.25, 0.3) is 0 Å². The summed E-state index contributed by atoms with van der Waals surface area (Å²) < 4.78 is 1.03. The topological polar surface area (TPSA) is 12.4 Å². The number of quaternary nitrogens is 1. The summed E-state index contributed by atoms with van der Waals surface area (Å²) in [4.78, 5) is 4.15. The highest BCUT2D eigenvalue weighted by molar-refractivity contribution is 5.47. The Hall–Kier alpha value is -0.370. The molecule has 0 fully saturated rings. The van der Waals surface area contributed by atoms with Gasteiger partial charge >= 0.3 is 0 Å². The molecule has 46 valence electrons. The molecule has 2 nitrogen and oxygen atoms in total. The summed E-state index contributed by atoms with van der Waals surface area (Å²) >= 11 is 0. The van der Waals surface area contributed by atoms with Crippen LogP contribution in [0.4, 0.5) is 0 Å². The van der Waals surface area contributed by atoms with Crippen LogP contribution < -0.4 is 0 Å². The SMILES string of the molecule is CC[N+]1(C)C=NCC1. The average molecular weight is 113 g/mol. The van der Waals surface area contributed by atoms with Gasteiger partial charge in [-0.15, -0.1) is 0 Å². The molecule has 1 aliphatic heterocycles. The zero-order valence-corrected chi connectivity index (χ0v) is 5.59. The van der Waals surface area contributed by atoms with E-state index >= 15 is 0 Å². The first-order chi connectivity index (χ1) is 3.77. The van der Waals surface area contributed by atoms with Crippen LogP contribution in [0.15, 0.2) is 4.99 Å². The van der Waals surface area contributed by atoms with Crippen molar-refractivity contribution in [2.75, 3.05) is 26.7 Å². The van der Waals surface area contributed by atoms with Gasteiger partial charge in [-0.3, -0.25) is 4.48 Å². The molecule has 1 unspecified atom stereocenters. The van der Waals surface area contributed by atoms with Gasteiger partial charge in [-0.2, -0.15) is 0 Å². The zero-order chi connectivity index (χ0) is 6.04. The summed E-state index contributed by atoms with van der Waals surface area (Å²) in [5.74, 6) is 0. The van der Waals surface area contributed by atoms with Gasteiger partial charge in [0, 0.05) is 0 Å². The quantitative estimate of drug-likeness (QED) is 0.439. The lowest BCUT2D eigenvalue weighted by Crippen LogP contribution is -2.40. The van der Waals surface area contributed by atoms with Crippen LogP contribution in [0.3, 0.4) is 0 Å². The van der Waals surface area contributed by atoms with E-state index in [0.29, 0.717) is 0 Å². The Kier molecular flexibility index (Phi) is 1.34. The normalized spacial score (nSPS) is 36.2. The molecule has 1 rings (SSSR count). The molecular weight excluding hydrogens is 100 g/mol. The molecule has 0 aromatic carbocycles. The second-order valence-corrected chi connectivity index (χ2v) is 2.54. The fourth-order valence-corrected chi connectivity index (χ4v) is 0.839. The second-order valence-electron chi connectivity index (χ2n) is 2.54. The highest BCUT2D eigenvalue weighted by Crippen LogP contribution is 2.02. The minimum absolute atomic E-state index is 1.02. The van der Waals surface area contributed by atoms with E-state index in [4.69, 9.17) is 0 Å². The third-order valence-electron chi connectivity index (χ3n) is 1.82. The number of hydrogen-bond acceptors (Lipinski definition) is 1. The van der Waals surface area contributed by atoms with Gasteiger partial charge in [-0.1, -0.05) is 0 Å². The molecule has 0 amide bonds. The standard InChI is InChI=1S/C6H13N2/c1-3-8(2)5-4-7-6-8/h6H,3-5H2,1-2H3/q+1. The van der Waals surface area contributed by atoms with Crippen molar-refractivity contribution in [3.05, 3.63) is 0 Å². The Morgan fingerprint density at radius 1 is 1.75 bits per heavy atom. The van der Waals surface area contributed by atoms with E-state index in [1.54, 1.807) is 0 Å². The van der Waals surface area contributed by atoms with Crippen molar-refractivity contribution in [3.63, 3.8) is 0 Å². The molecule has 0 aromatic rings. The van der Waals surface area contributed by atoms with E-state index in [-0.39, 0.29) is 0 Å². The molecule has 1 heterocycles. The minimum atomic E-state index is 1.02. The van der Waals surface area contributed by atoms with E-state index in [1.165, 1.54) is 13.1 Å². The fourth-order valence-electron chi connectivity index (χ4n) is 0.839. The van der Waals surface area contributed by atoms with Crippen LogP contribution in [-0.4, -0.2) is 37.5 Å². The van der Waals surface area contributed by atoms with Crippen LogP contribution in [0.2, 0.25) is 0 Å². The van der Waals surface area contributed by atoms with Crippen molar-refractivity contribution in [3.8, 4) is 0 Å². The third kappa shape index (κ3) is 0.892. The molecule has 0 saturated carbocycles.